The van der Waals surface area contributed by atoms with Crippen LogP contribution in [0.5, 0.6) is 0 Å². The number of imidazole rings is 1. The lowest BCUT2D eigenvalue weighted by molar-refractivity contribution is 0.102. The maximum atomic E-state index is 13.3. The van der Waals surface area contributed by atoms with Crippen LogP contribution in [0.25, 0.3) is 33.8 Å². The number of hydrogen-bond acceptors (Lipinski definition) is 5. The number of carbonyl (C=O) groups excluding carboxylic acids is 1. The second kappa shape index (κ2) is 8.68. The summed E-state index contributed by atoms with van der Waals surface area (Å²) in [6.45, 7) is 0. The van der Waals surface area contributed by atoms with E-state index in [9.17, 15) is 4.79 Å². The number of carbonyl (C=O) groups is 1. The second-order valence-electron chi connectivity index (χ2n) is 7.88. The van der Waals surface area contributed by atoms with Crippen molar-refractivity contribution in [2.24, 2.45) is 0 Å². The van der Waals surface area contributed by atoms with Crippen LogP contribution in [0.1, 0.15) is 10.4 Å². The first kappa shape index (κ1) is 20.5. The maximum Gasteiger partial charge on any atom is 0.259 e. The van der Waals surface area contributed by atoms with Gasteiger partial charge in [-0.1, -0.05) is 30.3 Å². The van der Waals surface area contributed by atoms with Gasteiger partial charge >= 0.3 is 0 Å². The molecule has 0 aliphatic rings. The summed E-state index contributed by atoms with van der Waals surface area (Å²) >= 11 is 0. The van der Waals surface area contributed by atoms with Crippen molar-refractivity contribution in [3.05, 3.63) is 116 Å². The second-order valence-corrected chi connectivity index (χ2v) is 7.88. The summed E-state index contributed by atoms with van der Waals surface area (Å²) in [5.41, 5.74) is 5.03. The van der Waals surface area contributed by atoms with Gasteiger partial charge in [0.25, 0.3) is 5.91 Å². The molecule has 0 saturated heterocycles. The Balaban J connectivity index is 1.31. The molecule has 0 aliphatic heterocycles. The molecule has 0 saturated carbocycles. The molecular weight excluding hydrogens is 438 g/mol. The van der Waals surface area contributed by atoms with Gasteiger partial charge < -0.3 is 5.32 Å². The minimum Gasteiger partial charge on any atom is -0.320 e. The number of pyridine rings is 2. The molecule has 0 bridgehead atoms. The molecule has 35 heavy (non-hydrogen) atoms. The molecule has 8 nitrogen and oxygen atoms in total. The van der Waals surface area contributed by atoms with Crippen molar-refractivity contribution in [1.82, 2.24) is 29.3 Å². The van der Waals surface area contributed by atoms with Gasteiger partial charge in [0.1, 0.15) is 17.8 Å². The molecule has 6 aromatic rings. The van der Waals surface area contributed by atoms with Crippen LogP contribution in [-0.2, 0) is 0 Å². The Bertz CT molecular complexity index is 1620. The van der Waals surface area contributed by atoms with E-state index in [1.807, 2.05) is 83.4 Å². The van der Waals surface area contributed by atoms with Crippen LogP contribution in [0, 0.1) is 0 Å². The molecule has 0 unspecified atom stereocenters. The van der Waals surface area contributed by atoms with Crippen molar-refractivity contribution in [1.29, 1.82) is 0 Å². The van der Waals surface area contributed by atoms with E-state index >= 15 is 0 Å². The zero-order valence-electron chi connectivity index (χ0n) is 18.5. The van der Waals surface area contributed by atoms with E-state index in [-0.39, 0.29) is 5.91 Å². The molecule has 0 atom stereocenters. The van der Waals surface area contributed by atoms with Gasteiger partial charge in [-0.3, -0.25) is 14.3 Å². The van der Waals surface area contributed by atoms with Gasteiger partial charge in [-0.05, 0) is 48.5 Å². The van der Waals surface area contributed by atoms with E-state index in [2.05, 4.69) is 25.4 Å². The largest absolute Gasteiger partial charge is 0.320 e. The van der Waals surface area contributed by atoms with Crippen molar-refractivity contribution in [3.63, 3.8) is 0 Å². The molecule has 168 valence electrons. The molecule has 0 aliphatic carbocycles. The Morgan fingerprint density at radius 2 is 1.69 bits per heavy atom. The molecule has 0 spiro atoms. The van der Waals surface area contributed by atoms with E-state index in [1.165, 1.54) is 0 Å². The fraction of sp³-hybridized carbons (Fsp3) is 0. The summed E-state index contributed by atoms with van der Waals surface area (Å²) in [5.74, 6) is 0.429. The van der Waals surface area contributed by atoms with E-state index in [0.717, 1.165) is 22.3 Å². The van der Waals surface area contributed by atoms with Crippen LogP contribution in [-0.4, -0.2) is 35.2 Å². The SMILES string of the molecule is O=C(Nc1ccc(-n2cnc3ccccc32)nc1)c1cn(-c2ccccc2)nc1-c1cccnc1. The summed E-state index contributed by atoms with van der Waals surface area (Å²) in [7, 11) is 0. The molecule has 6 rings (SSSR count). The predicted molar refractivity (Wildman–Crippen MR) is 134 cm³/mol. The first-order chi connectivity index (χ1) is 17.3. The highest BCUT2D eigenvalue weighted by molar-refractivity contribution is 6.08. The Morgan fingerprint density at radius 3 is 2.49 bits per heavy atom. The summed E-state index contributed by atoms with van der Waals surface area (Å²) < 4.78 is 3.61. The van der Waals surface area contributed by atoms with Crippen LogP contribution in [0.2, 0.25) is 0 Å². The standard InChI is InChI=1S/C27H19N7O/c35-27(31-20-12-13-25(29-16-20)33-18-30-23-10-4-5-11-24(23)33)22-17-34(21-8-2-1-3-9-21)32-26(22)19-7-6-14-28-15-19/h1-18H,(H,31,35). The Hall–Kier alpha value is -5.11. The number of fused-ring (bicyclic) bond motifs is 1. The Morgan fingerprint density at radius 1 is 0.829 bits per heavy atom. The van der Waals surface area contributed by atoms with Crippen molar-refractivity contribution in [2.45, 2.75) is 0 Å². The lowest BCUT2D eigenvalue weighted by Gasteiger charge is -2.07. The van der Waals surface area contributed by atoms with Gasteiger partial charge in [0.05, 0.1) is 34.2 Å². The van der Waals surface area contributed by atoms with Crippen molar-refractivity contribution >= 4 is 22.6 Å². The van der Waals surface area contributed by atoms with Crippen LogP contribution in [0.3, 0.4) is 0 Å². The van der Waals surface area contributed by atoms with Gasteiger partial charge in [0, 0.05) is 24.2 Å². The highest BCUT2D eigenvalue weighted by atomic mass is 16.1. The monoisotopic (exact) mass is 457 g/mol. The number of nitrogens with one attached hydrogen (secondary N) is 1. The Kier molecular flexibility index (Phi) is 5.08. The van der Waals surface area contributed by atoms with Crippen LogP contribution >= 0.6 is 0 Å². The molecule has 2 aromatic carbocycles. The number of hydrogen-bond donors (Lipinski definition) is 1. The molecule has 4 heterocycles. The summed E-state index contributed by atoms with van der Waals surface area (Å²) in [6.07, 6.45) is 8.48. The zero-order valence-corrected chi connectivity index (χ0v) is 18.5. The minimum absolute atomic E-state index is 0.284. The topological polar surface area (TPSA) is 90.5 Å². The third-order valence-electron chi connectivity index (χ3n) is 5.62. The van der Waals surface area contributed by atoms with E-state index in [0.29, 0.717) is 22.8 Å². The molecule has 1 N–H and O–H groups in total. The highest BCUT2D eigenvalue weighted by Crippen LogP contribution is 2.24. The lowest BCUT2D eigenvalue weighted by atomic mass is 10.1. The van der Waals surface area contributed by atoms with Crippen molar-refractivity contribution in [2.75, 3.05) is 5.32 Å². The van der Waals surface area contributed by atoms with Gasteiger partial charge in [-0.15, -0.1) is 0 Å². The van der Waals surface area contributed by atoms with Gasteiger partial charge in [0.15, 0.2) is 0 Å². The maximum absolute atomic E-state index is 13.3. The summed E-state index contributed by atoms with van der Waals surface area (Å²) in [4.78, 5) is 26.4. The van der Waals surface area contributed by atoms with Crippen LogP contribution in [0.4, 0.5) is 5.69 Å². The zero-order chi connectivity index (χ0) is 23.6. The third-order valence-corrected chi connectivity index (χ3v) is 5.62. The van der Waals surface area contributed by atoms with Gasteiger partial charge in [0.2, 0.25) is 0 Å². The number of nitrogens with zero attached hydrogens (tertiary/aromatic N) is 6. The molecule has 8 heteroatoms. The summed E-state index contributed by atoms with van der Waals surface area (Å²) in [5, 5.41) is 7.62. The van der Waals surface area contributed by atoms with Crippen molar-refractivity contribution in [3.8, 4) is 22.8 Å². The third kappa shape index (κ3) is 3.93. The predicted octanol–water partition coefficient (Wildman–Crippen LogP) is 4.92. The van der Waals surface area contributed by atoms with E-state index in [4.69, 9.17) is 0 Å². The number of aromatic nitrogens is 6. The first-order valence-electron chi connectivity index (χ1n) is 11.0. The molecule has 4 aromatic heterocycles. The normalized spacial score (nSPS) is 11.0. The highest BCUT2D eigenvalue weighted by Gasteiger charge is 2.19. The Labute approximate surface area is 200 Å². The molecule has 0 radical (unpaired) electrons. The quantitative estimate of drug-likeness (QED) is 0.397. The minimum atomic E-state index is -0.284. The lowest BCUT2D eigenvalue weighted by Crippen LogP contribution is -2.12. The average molecular weight is 457 g/mol. The number of para-hydroxylation sites is 3. The number of benzene rings is 2. The van der Waals surface area contributed by atoms with E-state index < -0.39 is 0 Å². The smallest absolute Gasteiger partial charge is 0.259 e. The fourth-order valence-corrected chi connectivity index (χ4v) is 3.91. The molecular formula is C27H19N7O. The molecule has 0 fully saturated rings. The average Bonchev–Trinajstić information content (AvgIpc) is 3.56. The number of rotatable bonds is 5. The number of amides is 1. The molecule has 1 amide bonds. The van der Waals surface area contributed by atoms with E-state index in [1.54, 1.807) is 35.8 Å². The summed E-state index contributed by atoms with van der Waals surface area (Å²) in [6, 6.07) is 24.9. The van der Waals surface area contributed by atoms with Gasteiger partial charge in [-0.25, -0.2) is 14.6 Å². The van der Waals surface area contributed by atoms with Crippen molar-refractivity contribution < 1.29 is 4.79 Å². The van der Waals surface area contributed by atoms with Gasteiger partial charge in [-0.2, -0.15) is 5.10 Å². The number of anilines is 1. The van der Waals surface area contributed by atoms with Crippen LogP contribution in [0.15, 0.2) is 110 Å². The first-order valence-corrected chi connectivity index (χ1v) is 11.0. The fourth-order valence-electron chi connectivity index (χ4n) is 3.91. The van der Waals surface area contributed by atoms with Crippen LogP contribution < -0.4 is 5.32 Å².